The molecule has 0 fully saturated rings. The van der Waals surface area contributed by atoms with E-state index in [1.54, 1.807) is 0 Å². The maximum Gasteiger partial charge on any atom is 0.0878 e. The van der Waals surface area contributed by atoms with E-state index < -0.39 is 0 Å². The lowest BCUT2D eigenvalue weighted by molar-refractivity contribution is -0.0666. The van der Waals surface area contributed by atoms with Crippen LogP contribution in [0.1, 0.15) is 12.8 Å². The largest absolute Gasteiger partial charge is 0.370 e. The van der Waals surface area contributed by atoms with Crippen LogP contribution in [0.2, 0.25) is 0 Å². The summed E-state index contributed by atoms with van der Waals surface area (Å²) in [6.07, 6.45) is 10.3. The van der Waals surface area contributed by atoms with E-state index in [0.29, 0.717) is 13.2 Å². The van der Waals surface area contributed by atoms with E-state index in [0.717, 1.165) is 24.0 Å². The second-order valence-corrected chi connectivity index (χ2v) is 4.10. The molecule has 0 N–H and O–H groups in total. The number of rotatable bonds is 2. The van der Waals surface area contributed by atoms with Gasteiger partial charge in [-0.1, -0.05) is 37.5 Å². The molecule has 0 spiro atoms. The van der Waals surface area contributed by atoms with E-state index in [-0.39, 0.29) is 12.2 Å². The predicted molar refractivity (Wildman–Crippen MR) is 65.3 cm³/mol. The molecule has 0 saturated carbocycles. The Morgan fingerprint density at radius 1 is 0.938 bits per heavy atom. The van der Waals surface area contributed by atoms with E-state index >= 15 is 0 Å². The Hall–Kier alpha value is -1.12. The van der Waals surface area contributed by atoms with E-state index in [4.69, 9.17) is 9.47 Å². The fraction of sp³-hybridized carbons (Fsp3) is 0.429. The Labute approximate surface area is 96.9 Å². The Balaban J connectivity index is 2.15. The molecule has 1 aliphatic heterocycles. The van der Waals surface area contributed by atoms with Gasteiger partial charge in [0, 0.05) is 0 Å². The van der Waals surface area contributed by atoms with E-state index in [2.05, 4.69) is 25.3 Å². The van der Waals surface area contributed by atoms with E-state index in [1.165, 1.54) is 0 Å². The van der Waals surface area contributed by atoms with Gasteiger partial charge >= 0.3 is 0 Å². The molecule has 0 amide bonds. The van der Waals surface area contributed by atoms with Gasteiger partial charge in [-0.05, 0) is 24.0 Å². The van der Waals surface area contributed by atoms with Crippen molar-refractivity contribution in [3.8, 4) is 0 Å². The fourth-order valence-corrected chi connectivity index (χ4v) is 2.07. The summed E-state index contributed by atoms with van der Waals surface area (Å²) in [4.78, 5) is 0. The summed E-state index contributed by atoms with van der Waals surface area (Å²) in [5.41, 5.74) is 2.17. The third-order valence-corrected chi connectivity index (χ3v) is 3.13. The van der Waals surface area contributed by atoms with Gasteiger partial charge in [-0.2, -0.15) is 0 Å². The van der Waals surface area contributed by atoms with Crippen molar-refractivity contribution >= 4 is 0 Å². The minimum atomic E-state index is 0.186. The molecule has 2 aliphatic rings. The zero-order valence-corrected chi connectivity index (χ0v) is 9.52. The van der Waals surface area contributed by atoms with Crippen molar-refractivity contribution in [3.05, 3.63) is 48.6 Å². The molecule has 0 saturated heterocycles. The van der Waals surface area contributed by atoms with Gasteiger partial charge in [0.25, 0.3) is 0 Å². The first-order chi connectivity index (χ1) is 7.85. The van der Waals surface area contributed by atoms with Crippen molar-refractivity contribution in [1.82, 2.24) is 0 Å². The normalized spacial score (nSPS) is 34.8. The van der Waals surface area contributed by atoms with Gasteiger partial charge in [0.1, 0.15) is 0 Å². The first-order valence-corrected chi connectivity index (χ1v) is 5.70. The van der Waals surface area contributed by atoms with Gasteiger partial charge in [0.05, 0.1) is 25.4 Å². The lowest BCUT2D eigenvalue weighted by Gasteiger charge is -2.31. The van der Waals surface area contributed by atoms with Crippen LogP contribution >= 0.6 is 0 Å². The number of fused-ring (bicyclic) bond motifs is 1. The summed E-state index contributed by atoms with van der Waals surface area (Å²) >= 11 is 0. The lowest BCUT2D eigenvalue weighted by Crippen LogP contribution is -2.35. The molecule has 2 heteroatoms. The molecule has 0 aromatic heterocycles. The first-order valence-electron chi connectivity index (χ1n) is 5.70. The first kappa shape index (κ1) is 11.4. The molecular weight excluding hydrogens is 200 g/mol. The molecule has 86 valence electrons. The highest BCUT2D eigenvalue weighted by Gasteiger charge is 2.26. The molecule has 0 unspecified atom stereocenters. The highest BCUT2D eigenvalue weighted by molar-refractivity contribution is 5.32. The maximum absolute atomic E-state index is 5.87. The van der Waals surface area contributed by atoms with Crippen molar-refractivity contribution in [3.63, 3.8) is 0 Å². The SMILES string of the molecule is C=C/C1=C(\C=C)CO[C@@H]2CC=CC[C@@H]2OC1. The summed E-state index contributed by atoms with van der Waals surface area (Å²) in [6.45, 7) is 8.84. The molecule has 0 aromatic rings. The van der Waals surface area contributed by atoms with Crippen molar-refractivity contribution in [2.24, 2.45) is 0 Å². The Bertz CT molecular complexity index is 307. The van der Waals surface area contributed by atoms with Gasteiger partial charge in [-0.15, -0.1) is 0 Å². The third kappa shape index (κ3) is 2.34. The third-order valence-electron chi connectivity index (χ3n) is 3.13. The van der Waals surface area contributed by atoms with Crippen LogP contribution in [0.15, 0.2) is 48.6 Å². The van der Waals surface area contributed by atoms with Gasteiger partial charge in [0.15, 0.2) is 0 Å². The number of hydrogen-bond donors (Lipinski definition) is 0. The second-order valence-electron chi connectivity index (χ2n) is 4.10. The van der Waals surface area contributed by atoms with Crippen molar-refractivity contribution in [1.29, 1.82) is 0 Å². The molecule has 1 aliphatic carbocycles. The summed E-state index contributed by atoms with van der Waals surface area (Å²) in [5.74, 6) is 0. The zero-order valence-electron chi connectivity index (χ0n) is 9.52. The van der Waals surface area contributed by atoms with Crippen LogP contribution < -0.4 is 0 Å². The fourth-order valence-electron chi connectivity index (χ4n) is 2.07. The van der Waals surface area contributed by atoms with Gasteiger partial charge in [-0.3, -0.25) is 0 Å². The van der Waals surface area contributed by atoms with Crippen molar-refractivity contribution in [2.45, 2.75) is 25.0 Å². The van der Waals surface area contributed by atoms with E-state index in [9.17, 15) is 0 Å². The molecular formula is C14H18O2. The van der Waals surface area contributed by atoms with Crippen LogP contribution in [0.25, 0.3) is 0 Å². The topological polar surface area (TPSA) is 18.5 Å². The summed E-state index contributed by atoms with van der Waals surface area (Å²) in [6, 6.07) is 0. The maximum atomic E-state index is 5.87. The van der Waals surface area contributed by atoms with Gasteiger partial charge < -0.3 is 9.47 Å². The summed E-state index contributed by atoms with van der Waals surface area (Å²) in [5, 5.41) is 0. The number of ether oxygens (including phenoxy) is 2. The Morgan fingerprint density at radius 3 is 1.75 bits per heavy atom. The highest BCUT2D eigenvalue weighted by Crippen LogP contribution is 2.23. The number of hydrogen-bond acceptors (Lipinski definition) is 2. The molecule has 2 atom stereocenters. The van der Waals surface area contributed by atoms with Crippen LogP contribution in [-0.4, -0.2) is 25.4 Å². The van der Waals surface area contributed by atoms with Crippen molar-refractivity contribution in [2.75, 3.05) is 13.2 Å². The monoisotopic (exact) mass is 218 g/mol. The lowest BCUT2D eigenvalue weighted by atomic mass is 9.99. The predicted octanol–water partition coefficient (Wildman–Crippen LogP) is 2.79. The quantitative estimate of drug-likeness (QED) is 0.663. The summed E-state index contributed by atoms with van der Waals surface area (Å²) in [7, 11) is 0. The second kappa shape index (κ2) is 5.28. The molecule has 0 aromatic carbocycles. The average Bonchev–Trinajstić information content (AvgIpc) is 2.31. The van der Waals surface area contributed by atoms with Crippen LogP contribution in [0.3, 0.4) is 0 Å². The molecule has 2 rings (SSSR count). The average molecular weight is 218 g/mol. The van der Waals surface area contributed by atoms with Crippen LogP contribution in [-0.2, 0) is 9.47 Å². The molecule has 0 bridgehead atoms. The molecule has 2 nitrogen and oxygen atoms in total. The van der Waals surface area contributed by atoms with Gasteiger partial charge in [-0.25, -0.2) is 0 Å². The molecule has 1 heterocycles. The van der Waals surface area contributed by atoms with Gasteiger partial charge in [0.2, 0.25) is 0 Å². The Morgan fingerprint density at radius 2 is 1.38 bits per heavy atom. The van der Waals surface area contributed by atoms with E-state index in [1.807, 2.05) is 12.2 Å². The van der Waals surface area contributed by atoms with Crippen LogP contribution in [0.4, 0.5) is 0 Å². The molecule has 16 heavy (non-hydrogen) atoms. The summed E-state index contributed by atoms with van der Waals surface area (Å²) < 4.78 is 11.7. The Kier molecular flexibility index (Phi) is 3.75. The standard InChI is InChI=1S/C14H18O2/c1-3-11-9-15-13-7-5-6-8-14(13)16-10-12(11)4-2/h3-6,13-14H,1-2,7-10H2/b12-11-/t13-,14+. The van der Waals surface area contributed by atoms with Crippen molar-refractivity contribution < 1.29 is 9.47 Å². The minimum Gasteiger partial charge on any atom is -0.370 e. The molecule has 0 radical (unpaired) electrons. The highest BCUT2D eigenvalue weighted by atomic mass is 16.5. The smallest absolute Gasteiger partial charge is 0.0878 e. The minimum absolute atomic E-state index is 0.186. The zero-order chi connectivity index (χ0) is 11.4. The van der Waals surface area contributed by atoms with Crippen LogP contribution in [0.5, 0.6) is 0 Å². The van der Waals surface area contributed by atoms with Crippen LogP contribution in [0, 0.1) is 0 Å².